The first-order chi connectivity index (χ1) is 12.8. The largest absolute Gasteiger partial charge is 0.385 e. The van der Waals surface area contributed by atoms with E-state index in [1.54, 1.807) is 31.5 Å². The number of rotatable bonds is 6. The van der Waals surface area contributed by atoms with E-state index in [9.17, 15) is 13.2 Å². The van der Waals surface area contributed by atoms with Crippen molar-refractivity contribution < 1.29 is 8.42 Å². The molecule has 3 rings (SSSR count). The molecule has 7 heteroatoms. The SMILES string of the molecule is CC(C)S(=O)(=O)NC1CCC(CNc2ccc3c(ccc(=O)n3C)c2)CC1. The fraction of sp³-hybridized carbons (Fsp3) is 0.550. The standard InChI is InChI=1S/C20H29N3O3S/c1-14(2)27(25,26)22-17-7-4-15(5-8-17)13-21-18-9-10-19-16(12-18)6-11-20(24)23(19)3/h6,9-12,14-15,17,21-22H,4-5,7-8,13H2,1-3H3. The Balaban J connectivity index is 1.54. The van der Waals surface area contributed by atoms with Crippen molar-refractivity contribution >= 4 is 26.6 Å². The van der Waals surface area contributed by atoms with Gasteiger partial charge in [0, 0.05) is 36.8 Å². The van der Waals surface area contributed by atoms with Crippen LogP contribution < -0.4 is 15.6 Å². The zero-order chi connectivity index (χ0) is 19.6. The van der Waals surface area contributed by atoms with Crippen molar-refractivity contribution in [2.75, 3.05) is 11.9 Å². The lowest BCUT2D eigenvalue weighted by Crippen LogP contribution is -2.41. The van der Waals surface area contributed by atoms with Crippen LogP contribution in [0.25, 0.3) is 10.9 Å². The highest BCUT2D eigenvalue weighted by molar-refractivity contribution is 7.90. The molecule has 1 fully saturated rings. The monoisotopic (exact) mass is 391 g/mol. The van der Waals surface area contributed by atoms with Gasteiger partial charge in [-0.2, -0.15) is 0 Å². The summed E-state index contributed by atoms with van der Waals surface area (Å²) in [7, 11) is -1.41. The molecule has 2 aromatic rings. The molecule has 1 heterocycles. The number of anilines is 1. The number of hydrogen-bond donors (Lipinski definition) is 2. The number of aryl methyl sites for hydroxylation is 1. The maximum absolute atomic E-state index is 12.0. The van der Waals surface area contributed by atoms with Crippen LogP contribution in [0.4, 0.5) is 5.69 Å². The van der Waals surface area contributed by atoms with E-state index < -0.39 is 10.0 Å². The van der Waals surface area contributed by atoms with Gasteiger partial charge in [-0.05, 0) is 69.7 Å². The fourth-order valence-corrected chi connectivity index (χ4v) is 4.58. The van der Waals surface area contributed by atoms with Gasteiger partial charge < -0.3 is 9.88 Å². The normalized spacial score (nSPS) is 20.9. The van der Waals surface area contributed by atoms with E-state index in [1.807, 2.05) is 18.2 Å². The van der Waals surface area contributed by atoms with Crippen LogP contribution >= 0.6 is 0 Å². The van der Waals surface area contributed by atoms with Gasteiger partial charge in [-0.15, -0.1) is 0 Å². The number of fused-ring (bicyclic) bond motifs is 1. The molecule has 1 aliphatic carbocycles. The Hall–Kier alpha value is -1.86. The van der Waals surface area contributed by atoms with Gasteiger partial charge in [0.05, 0.1) is 10.8 Å². The summed E-state index contributed by atoms with van der Waals surface area (Å²) in [6, 6.07) is 9.55. The average molecular weight is 392 g/mol. The van der Waals surface area contributed by atoms with Crippen LogP contribution in [0.2, 0.25) is 0 Å². The van der Waals surface area contributed by atoms with Crippen molar-refractivity contribution in [3.63, 3.8) is 0 Å². The van der Waals surface area contributed by atoms with Gasteiger partial charge in [0.1, 0.15) is 0 Å². The first-order valence-electron chi connectivity index (χ1n) is 9.61. The van der Waals surface area contributed by atoms with Gasteiger partial charge in [-0.1, -0.05) is 0 Å². The Morgan fingerprint density at radius 3 is 2.48 bits per heavy atom. The van der Waals surface area contributed by atoms with Crippen LogP contribution in [0.1, 0.15) is 39.5 Å². The van der Waals surface area contributed by atoms with Gasteiger partial charge in [-0.3, -0.25) is 4.79 Å². The Labute approximate surface area is 161 Å². The minimum Gasteiger partial charge on any atom is -0.385 e. The van der Waals surface area contributed by atoms with Crippen LogP contribution in [0.3, 0.4) is 0 Å². The highest BCUT2D eigenvalue weighted by atomic mass is 32.2. The van der Waals surface area contributed by atoms with Gasteiger partial charge in [0.15, 0.2) is 0 Å². The predicted octanol–water partition coefficient (Wildman–Crippen LogP) is 2.84. The molecule has 1 aromatic carbocycles. The summed E-state index contributed by atoms with van der Waals surface area (Å²) in [6.45, 7) is 4.29. The highest BCUT2D eigenvalue weighted by Crippen LogP contribution is 2.26. The second-order valence-corrected chi connectivity index (χ2v) is 10.1. The van der Waals surface area contributed by atoms with E-state index in [-0.39, 0.29) is 16.9 Å². The van der Waals surface area contributed by atoms with Crippen LogP contribution in [0.15, 0.2) is 35.1 Å². The molecule has 6 nitrogen and oxygen atoms in total. The fourth-order valence-electron chi connectivity index (χ4n) is 3.61. The maximum atomic E-state index is 12.0. The van der Waals surface area contributed by atoms with Gasteiger partial charge in [-0.25, -0.2) is 13.1 Å². The number of hydrogen-bond acceptors (Lipinski definition) is 4. The number of pyridine rings is 1. The number of sulfonamides is 1. The van der Waals surface area contributed by atoms with Gasteiger partial charge in [0.2, 0.25) is 10.0 Å². The predicted molar refractivity (Wildman–Crippen MR) is 111 cm³/mol. The number of benzene rings is 1. The molecule has 1 saturated carbocycles. The summed E-state index contributed by atoms with van der Waals surface area (Å²) in [5, 5.41) is 4.15. The maximum Gasteiger partial charge on any atom is 0.250 e. The smallest absolute Gasteiger partial charge is 0.250 e. The van der Waals surface area contributed by atoms with Crippen molar-refractivity contribution in [2.24, 2.45) is 13.0 Å². The van der Waals surface area contributed by atoms with Crippen molar-refractivity contribution in [1.82, 2.24) is 9.29 Å². The Morgan fingerprint density at radius 2 is 1.81 bits per heavy atom. The summed E-state index contributed by atoms with van der Waals surface area (Å²) in [5.41, 5.74) is 1.96. The zero-order valence-electron chi connectivity index (χ0n) is 16.2. The Kier molecular flexibility index (Phi) is 5.91. The molecule has 148 valence electrons. The summed E-state index contributed by atoms with van der Waals surface area (Å²) in [4.78, 5) is 11.7. The third-order valence-electron chi connectivity index (χ3n) is 5.52. The van der Waals surface area contributed by atoms with Crippen molar-refractivity contribution in [3.05, 3.63) is 40.7 Å². The average Bonchev–Trinajstić information content (AvgIpc) is 2.64. The minimum absolute atomic E-state index is 0.00643. The molecule has 0 unspecified atom stereocenters. The van der Waals surface area contributed by atoms with Gasteiger partial charge >= 0.3 is 0 Å². The highest BCUT2D eigenvalue weighted by Gasteiger charge is 2.26. The summed E-state index contributed by atoms with van der Waals surface area (Å²) < 4.78 is 28.5. The van der Waals surface area contributed by atoms with E-state index in [2.05, 4.69) is 16.1 Å². The van der Waals surface area contributed by atoms with E-state index in [0.717, 1.165) is 48.8 Å². The lowest BCUT2D eigenvalue weighted by Gasteiger charge is -2.29. The third kappa shape index (κ3) is 4.71. The molecule has 0 radical (unpaired) electrons. The molecular weight excluding hydrogens is 362 g/mol. The molecular formula is C20H29N3O3S. The number of nitrogens with one attached hydrogen (secondary N) is 2. The molecule has 0 atom stereocenters. The lowest BCUT2D eigenvalue weighted by atomic mass is 9.86. The van der Waals surface area contributed by atoms with Crippen LogP contribution in [0.5, 0.6) is 0 Å². The number of nitrogens with zero attached hydrogens (tertiary/aromatic N) is 1. The molecule has 0 spiro atoms. The molecule has 0 bridgehead atoms. The van der Waals surface area contributed by atoms with E-state index in [1.165, 1.54) is 0 Å². The molecule has 1 aliphatic rings. The Bertz CT molecular complexity index is 958. The first kappa shape index (κ1) is 19.9. The second-order valence-electron chi connectivity index (χ2n) is 7.81. The van der Waals surface area contributed by atoms with E-state index >= 15 is 0 Å². The van der Waals surface area contributed by atoms with Crippen molar-refractivity contribution in [1.29, 1.82) is 0 Å². The Morgan fingerprint density at radius 1 is 1.11 bits per heavy atom. The van der Waals surface area contributed by atoms with Crippen molar-refractivity contribution in [3.8, 4) is 0 Å². The van der Waals surface area contributed by atoms with E-state index in [4.69, 9.17) is 0 Å². The van der Waals surface area contributed by atoms with E-state index in [0.29, 0.717) is 5.92 Å². The molecule has 0 saturated heterocycles. The third-order valence-corrected chi connectivity index (χ3v) is 7.42. The number of aromatic nitrogens is 1. The van der Waals surface area contributed by atoms with Gasteiger partial charge in [0.25, 0.3) is 5.56 Å². The molecule has 0 amide bonds. The first-order valence-corrected chi connectivity index (χ1v) is 11.2. The summed E-state index contributed by atoms with van der Waals surface area (Å²) in [6.07, 6.45) is 3.80. The molecule has 0 aliphatic heterocycles. The van der Waals surface area contributed by atoms with Crippen LogP contribution in [-0.4, -0.2) is 30.8 Å². The topological polar surface area (TPSA) is 80.2 Å². The van der Waals surface area contributed by atoms with Crippen LogP contribution in [0, 0.1) is 5.92 Å². The second kappa shape index (κ2) is 8.02. The quantitative estimate of drug-likeness (QED) is 0.793. The molecule has 27 heavy (non-hydrogen) atoms. The van der Waals surface area contributed by atoms with Crippen LogP contribution in [-0.2, 0) is 17.1 Å². The summed E-state index contributed by atoms with van der Waals surface area (Å²) in [5.74, 6) is 0.542. The zero-order valence-corrected chi connectivity index (χ0v) is 17.1. The summed E-state index contributed by atoms with van der Waals surface area (Å²) >= 11 is 0. The molecule has 1 aromatic heterocycles. The van der Waals surface area contributed by atoms with Crippen molar-refractivity contribution in [2.45, 2.75) is 50.8 Å². The lowest BCUT2D eigenvalue weighted by molar-refractivity contribution is 0.323. The molecule has 2 N–H and O–H groups in total. The minimum atomic E-state index is -3.19.